The number of halogens is 3. The Hall–Kier alpha value is -6.20. The van der Waals surface area contributed by atoms with Crippen molar-refractivity contribution in [2.75, 3.05) is 52.0 Å². The molecule has 0 unspecified atom stereocenters. The maximum atomic E-state index is 13.7. The third-order valence-corrected chi connectivity index (χ3v) is 14.0. The van der Waals surface area contributed by atoms with Gasteiger partial charge in [-0.15, -0.1) is 34.8 Å². The van der Waals surface area contributed by atoms with E-state index in [9.17, 15) is 29.7 Å². The van der Waals surface area contributed by atoms with Crippen LogP contribution in [0.1, 0.15) is 66.3 Å². The summed E-state index contributed by atoms with van der Waals surface area (Å²) in [5.74, 6) is 1.29. The highest BCUT2D eigenvalue weighted by Crippen LogP contribution is 2.48. The minimum atomic E-state index is -0.574. The summed E-state index contributed by atoms with van der Waals surface area (Å²) in [6.07, 6.45) is -0.128. The third-order valence-electron chi connectivity index (χ3n) is 12.9. The lowest BCUT2D eigenvalue weighted by Crippen LogP contribution is -2.36. The van der Waals surface area contributed by atoms with Crippen LogP contribution in [0.2, 0.25) is 0 Å². The van der Waals surface area contributed by atoms with Crippen molar-refractivity contribution in [3.63, 3.8) is 0 Å². The molecule has 0 spiro atoms. The summed E-state index contributed by atoms with van der Waals surface area (Å²) < 4.78 is 5.49. The molecule has 0 aromatic heterocycles. The summed E-state index contributed by atoms with van der Waals surface area (Å²) in [6.45, 7) is 6.85. The Morgan fingerprint density at radius 3 is 1.18 bits per heavy atom. The molecule has 0 aliphatic carbocycles. The van der Waals surface area contributed by atoms with Gasteiger partial charge < -0.3 is 29.9 Å². The van der Waals surface area contributed by atoms with E-state index in [0.29, 0.717) is 54.3 Å². The van der Waals surface area contributed by atoms with Gasteiger partial charge in [0.1, 0.15) is 22.8 Å². The average Bonchev–Trinajstić information content (AvgIpc) is 4.01. The van der Waals surface area contributed by atoms with Crippen LogP contribution in [0, 0.1) is 0 Å². The number of carbonyl (C=O) groups is 3. The quantitative estimate of drug-likeness (QED) is 0.136. The van der Waals surface area contributed by atoms with Crippen molar-refractivity contribution < 1.29 is 34.4 Å². The van der Waals surface area contributed by atoms with E-state index in [-0.39, 0.29) is 59.7 Å². The molecule has 3 aliphatic rings. The molecular weight excluding hydrogens is 909 g/mol. The lowest BCUT2D eigenvalue weighted by molar-refractivity contribution is -0.118. The molecule has 3 N–H and O–H groups in total. The summed E-state index contributed by atoms with van der Waals surface area (Å²) in [5.41, 5.74) is 6.06. The molecular formula is C54H50Cl3N3O7. The fourth-order valence-corrected chi connectivity index (χ4v) is 10.8. The third kappa shape index (κ3) is 8.67. The van der Waals surface area contributed by atoms with Gasteiger partial charge in [-0.3, -0.25) is 14.5 Å². The van der Waals surface area contributed by atoms with Gasteiger partial charge in [0, 0.05) is 89.4 Å². The van der Waals surface area contributed by atoms with Crippen molar-refractivity contribution in [1.29, 1.82) is 0 Å². The molecule has 3 aliphatic heterocycles. The zero-order valence-corrected chi connectivity index (χ0v) is 39.6. The van der Waals surface area contributed by atoms with Gasteiger partial charge in [-0.2, -0.15) is 0 Å². The van der Waals surface area contributed by atoms with E-state index < -0.39 is 11.7 Å². The first kappa shape index (κ1) is 45.9. The molecule has 3 amide bonds. The highest BCUT2D eigenvalue weighted by molar-refractivity contribution is 6.20. The van der Waals surface area contributed by atoms with Crippen LogP contribution >= 0.6 is 34.8 Å². The summed E-state index contributed by atoms with van der Waals surface area (Å²) in [6, 6.07) is 35.4. The second-order valence-electron chi connectivity index (χ2n) is 18.4. The van der Waals surface area contributed by atoms with Gasteiger partial charge in [-0.25, -0.2) is 4.79 Å². The largest absolute Gasteiger partial charge is 0.507 e. The monoisotopic (exact) mass is 957 g/mol. The number of benzene rings is 7. The molecule has 10 nitrogen and oxygen atoms in total. The Labute approximate surface area is 403 Å². The summed E-state index contributed by atoms with van der Waals surface area (Å²) in [7, 11) is 0. The first-order valence-corrected chi connectivity index (χ1v) is 23.9. The van der Waals surface area contributed by atoms with E-state index in [0.717, 1.165) is 60.1 Å². The smallest absolute Gasteiger partial charge is 0.414 e. The number of aromatic hydroxyl groups is 3. The van der Waals surface area contributed by atoms with Crippen molar-refractivity contribution >= 4 is 102 Å². The molecule has 344 valence electrons. The second kappa shape index (κ2) is 18.5. The van der Waals surface area contributed by atoms with Gasteiger partial charge in [-0.05, 0) is 64.7 Å². The van der Waals surface area contributed by atoms with Crippen LogP contribution < -0.4 is 14.7 Å². The van der Waals surface area contributed by atoms with Crippen LogP contribution in [0.4, 0.5) is 21.9 Å². The highest BCUT2D eigenvalue weighted by Gasteiger charge is 2.38. The Morgan fingerprint density at radius 2 is 0.836 bits per heavy atom. The number of rotatable bonds is 7. The van der Waals surface area contributed by atoms with Crippen LogP contribution in [0.15, 0.2) is 115 Å². The number of phenols is 3. The number of hydrogen-bond donors (Lipinski definition) is 3. The SMILES string of the molecule is CC(C)(C)OC(=O)N1C[C@@H](CCl)c2c1cc(O)c1ccccc21.O=C(Cc1cccc(CC(=O)N2C[C@@H](CCl)c3c2cc(O)c2ccccc32)c1)N1C[C@@H](CCl)c2c1cc(O)c1ccccc21. The Balaban J connectivity index is 0.000000206. The van der Waals surface area contributed by atoms with Gasteiger partial charge in [0.2, 0.25) is 11.8 Å². The second-order valence-corrected chi connectivity index (χ2v) is 19.4. The summed E-state index contributed by atoms with van der Waals surface area (Å²) in [5, 5.41) is 36.8. The zero-order valence-electron chi connectivity index (χ0n) is 37.3. The molecule has 3 atom stereocenters. The molecule has 0 bridgehead atoms. The van der Waals surface area contributed by atoms with Gasteiger partial charge in [0.25, 0.3) is 0 Å². The van der Waals surface area contributed by atoms with Gasteiger partial charge >= 0.3 is 6.09 Å². The normalized spacial score (nSPS) is 17.3. The van der Waals surface area contributed by atoms with E-state index in [2.05, 4.69) is 0 Å². The molecule has 10 rings (SSSR count). The van der Waals surface area contributed by atoms with E-state index in [1.165, 1.54) is 0 Å². The minimum Gasteiger partial charge on any atom is -0.507 e. The molecule has 0 saturated heterocycles. The Morgan fingerprint density at radius 1 is 0.507 bits per heavy atom. The highest BCUT2D eigenvalue weighted by atomic mass is 35.5. The number of amides is 3. The molecule has 13 heteroatoms. The fraction of sp³-hybridized carbons (Fsp3) is 0.278. The zero-order chi connectivity index (χ0) is 47.3. The summed E-state index contributed by atoms with van der Waals surface area (Å²) >= 11 is 18.9. The average molecular weight is 959 g/mol. The first-order valence-electron chi connectivity index (χ1n) is 22.3. The number of nitrogens with zero attached hydrogens (tertiary/aromatic N) is 3. The van der Waals surface area contributed by atoms with E-state index in [4.69, 9.17) is 39.5 Å². The maximum Gasteiger partial charge on any atom is 0.414 e. The van der Waals surface area contributed by atoms with Crippen LogP contribution in [0.5, 0.6) is 17.2 Å². The lowest BCUT2D eigenvalue weighted by Gasteiger charge is -2.25. The van der Waals surface area contributed by atoms with Crippen LogP contribution in [-0.4, -0.2) is 76.1 Å². The molecule has 0 radical (unpaired) electrons. The first-order chi connectivity index (χ1) is 32.2. The number of fused-ring (bicyclic) bond motifs is 9. The number of phenolic OH excluding ortho intramolecular Hbond substituents is 3. The number of anilines is 3. The van der Waals surface area contributed by atoms with E-state index in [1.807, 2.05) is 118 Å². The molecule has 7 aromatic rings. The van der Waals surface area contributed by atoms with E-state index >= 15 is 0 Å². The van der Waals surface area contributed by atoms with Crippen LogP contribution in [0.25, 0.3) is 32.3 Å². The van der Waals surface area contributed by atoms with Crippen molar-refractivity contribution in [3.05, 3.63) is 143 Å². The number of carbonyl (C=O) groups excluding carboxylic acids is 3. The molecule has 3 heterocycles. The van der Waals surface area contributed by atoms with Gasteiger partial charge in [0.15, 0.2) is 0 Å². The van der Waals surface area contributed by atoms with Gasteiger partial charge in [-0.1, -0.05) is 97.1 Å². The summed E-state index contributed by atoms with van der Waals surface area (Å²) in [4.78, 5) is 44.8. The van der Waals surface area contributed by atoms with Crippen LogP contribution in [0.3, 0.4) is 0 Å². The van der Waals surface area contributed by atoms with Crippen molar-refractivity contribution in [1.82, 2.24) is 0 Å². The Kier molecular flexibility index (Phi) is 12.7. The van der Waals surface area contributed by atoms with Crippen molar-refractivity contribution in [3.8, 4) is 17.2 Å². The topological polar surface area (TPSA) is 131 Å². The lowest BCUT2D eigenvalue weighted by atomic mass is 9.95. The standard InChI is InChI=1S/C36H30Cl2N2O4.C18H20ClNO3/c37-17-23-19-39(29-15-31(41)25-8-1-3-10-27(25)35(23)29)33(43)13-21-6-5-7-22(12-21)14-34(44)40-20-24(18-38)36-28-11-4-2-9-26(28)32(42)16-30(36)40;1-18(2,3)23-17(22)20-10-11(9-19)16-13-7-5-4-6-12(13)15(21)8-14(16)20/h1-12,15-16,23-24,41-42H,13-14,17-20H2;4-8,11,21H,9-10H2,1-3H3/t23-,24-;11-/m11/s1. The molecule has 67 heavy (non-hydrogen) atoms. The molecule has 7 aromatic carbocycles. The fourth-order valence-electron chi connectivity index (χ4n) is 10.0. The number of hydrogen-bond acceptors (Lipinski definition) is 7. The Bertz CT molecular complexity index is 2960. The van der Waals surface area contributed by atoms with Crippen LogP contribution in [-0.2, 0) is 27.2 Å². The molecule has 0 fully saturated rings. The number of alkyl halides is 3. The maximum absolute atomic E-state index is 13.7. The predicted molar refractivity (Wildman–Crippen MR) is 269 cm³/mol. The molecule has 0 saturated carbocycles. The number of ether oxygens (including phenoxy) is 1. The van der Waals surface area contributed by atoms with Crippen molar-refractivity contribution in [2.24, 2.45) is 0 Å². The predicted octanol–water partition coefficient (Wildman–Crippen LogP) is 11.9. The minimum absolute atomic E-state index is 0.0182. The van der Waals surface area contributed by atoms with E-state index in [1.54, 1.807) is 32.9 Å². The van der Waals surface area contributed by atoms with Gasteiger partial charge in [0.05, 0.1) is 29.9 Å². The van der Waals surface area contributed by atoms with Crippen molar-refractivity contribution in [2.45, 2.75) is 57.0 Å².